The molecule has 1 amide bonds. The lowest BCUT2D eigenvalue weighted by Gasteiger charge is -2.18. The van der Waals surface area contributed by atoms with Crippen molar-refractivity contribution in [1.82, 2.24) is 20.1 Å². The fourth-order valence-electron chi connectivity index (χ4n) is 2.03. The van der Waals surface area contributed by atoms with Gasteiger partial charge >= 0.3 is 0 Å². The first-order valence-corrected chi connectivity index (χ1v) is 6.39. The lowest BCUT2D eigenvalue weighted by Crippen LogP contribution is -2.26. The van der Waals surface area contributed by atoms with Gasteiger partial charge in [0.05, 0.1) is 20.8 Å². The highest BCUT2D eigenvalue weighted by Gasteiger charge is 2.17. The highest BCUT2D eigenvalue weighted by Crippen LogP contribution is 2.29. The lowest BCUT2D eigenvalue weighted by molar-refractivity contribution is 0.0781. The molecule has 0 spiro atoms. The van der Waals surface area contributed by atoms with Crippen molar-refractivity contribution in [3.8, 4) is 11.5 Å². The topological polar surface area (TPSA) is 80.3 Å². The fraction of sp³-hybridized carbons (Fsp3) is 0.357. The molecule has 0 aliphatic heterocycles. The van der Waals surface area contributed by atoms with Gasteiger partial charge in [0.2, 0.25) is 0 Å². The number of benzene rings is 1. The number of methoxy groups -OCH3 is 2. The molecule has 0 atom stereocenters. The molecule has 0 aliphatic rings. The number of hydrogen-bond acceptors (Lipinski definition) is 5. The number of carbonyl (C=O) groups excluding carboxylic acids is 1. The quantitative estimate of drug-likeness (QED) is 0.900. The van der Waals surface area contributed by atoms with Crippen LogP contribution in [0.4, 0.5) is 0 Å². The van der Waals surface area contributed by atoms with Gasteiger partial charge in [-0.1, -0.05) is 0 Å². The summed E-state index contributed by atoms with van der Waals surface area (Å²) in [6.45, 7) is 2.22. The Bertz CT molecular complexity index is 600. The van der Waals surface area contributed by atoms with Crippen molar-refractivity contribution in [2.75, 3.05) is 21.3 Å². The van der Waals surface area contributed by atoms with Crippen molar-refractivity contribution in [3.63, 3.8) is 0 Å². The first-order valence-electron chi connectivity index (χ1n) is 6.39. The predicted molar refractivity (Wildman–Crippen MR) is 76.5 cm³/mol. The Morgan fingerprint density at radius 2 is 1.90 bits per heavy atom. The van der Waals surface area contributed by atoms with Gasteiger partial charge in [0.25, 0.3) is 5.91 Å². The Labute approximate surface area is 122 Å². The molecule has 0 saturated carbocycles. The van der Waals surface area contributed by atoms with E-state index >= 15 is 0 Å². The minimum absolute atomic E-state index is 0.150. The normalized spacial score (nSPS) is 10.3. The molecule has 1 aromatic carbocycles. The highest BCUT2D eigenvalue weighted by molar-refractivity contribution is 5.95. The maximum absolute atomic E-state index is 12.5. The van der Waals surface area contributed by atoms with Crippen LogP contribution in [0.5, 0.6) is 11.5 Å². The van der Waals surface area contributed by atoms with E-state index in [1.165, 1.54) is 6.33 Å². The van der Waals surface area contributed by atoms with Crippen LogP contribution in [0.3, 0.4) is 0 Å². The van der Waals surface area contributed by atoms with E-state index in [0.717, 1.165) is 5.56 Å². The molecule has 1 aromatic heterocycles. The summed E-state index contributed by atoms with van der Waals surface area (Å²) in [7, 11) is 4.83. The predicted octanol–water partition coefficient (Wildman–Crippen LogP) is 1.40. The Morgan fingerprint density at radius 3 is 2.38 bits per heavy atom. The van der Waals surface area contributed by atoms with Gasteiger partial charge in [-0.2, -0.15) is 5.10 Å². The number of aromatic nitrogens is 3. The lowest BCUT2D eigenvalue weighted by atomic mass is 10.1. The van der Waals surface area contributed by atoms with Crippen LogP contribution in [0.25, 0.3) is 0 Å². The summed E-state index contributed by atoms with van der Waals surface area (Å²) in [5.41, 5.74) is 1.35. The number of rotatable bonds is 5. The number of amides is 1. The van der Waals surface area contributed by atoms with Gasteiger partial charge in [-0.25, -0.2) is 4.98 Å². The van der Waals surface area contributed by atoms with Crippen LogP contribution in [0.15, 0.2) is 18.5 Å². The van der Waals surface area contributed by atoms with Gasteiger partial charge in [-0.05, 0) is 19.1 Å². The van der Waals surface area contributed by atoms with Gasteiger partial charge in [-0.15, -0.1) is 0 Å². The third-order valence-corrected chi connectivity index (χ3v) is 3.20. The Balaban J connectivity index is 2.26. The second-order valence-electron chi connectivity index (χ2n) is 4.60. The molecule has 2 rings (SSSR count). The molecule has 0 fully saturated rings. The molecule has 1 heterocycles. The SMILES string of the molecule is COc1cc(C(=O)N(C)Cc2ncn[nH]2)cc(OC)c1C. The number of hydrogen-bond donors (Lipinski definition) is 1. The summed E-state index contributed by atoms with van der Waals surface area (Å²) in [5.74, 6) is 1.71. The summed E-state index contributed by atoms with van der Waals surface area (Å²) < 4.78 is 10.6. The zero-order valence-electron chi connectivity index (χ0n) is 12.5. The molecule has 21 heavy (non-hydrogen) atoms. The molecule has 1 N–H and O–H groups in total. The maximum atomic E-state index is 12.5. The smallest absolute Gasteiger partial charge is 0.254 e. The summed E-state index contributed by atoms with van der Waals surface area (Å²) >= 11 is 0. The first kappa shape index (κ1) is 14.8. The van der Waals surface area contributed by atoms with E-state index in [4.69, 9.17) is 9.47 Å². The molecule has 0 radical (unpaired) electrons. The molecule has 0 unspecified atom stereocenters. The Hall–Kier alpha value is -2.57. The number of carbonyl (C=O) groups is 1. The number of H-pyrrole nitrogens is 1. The highest BCUT2D eigenvalue weighted by atomic mass is 16.5. The van der Waals surface area contributed by atoms with Crippen LogP contribution in [-0.4, -0.2) is 47.3 Å². The van der Waals surface area contributed by atoms with E-state index in [-0.39, 0.29) is 5.91 Å². The van der Waals surface area contributed by atoms with Crippen molar-refractivity contribution in [2.45, 2.75) is 13.5 Å². The van der Waals surface area contributed by atoms with E-state index in [2.05, 4.69) is 15.2 Å². The largest absolute Gasteiger partial charge is 0.496 e. The molecule has 2 aromatic rings. The maximum Gasteiger partial charge on any atom is 0.254 e. The standard InChI is InChI=1S/C14H18N4O3/c1-9-11(20-3)5-10(6-12(9)21-4)14(19)18(2)7-13-15-8-16-17-13/h5-6,8H,7H2,1-4H3,(H,15,16,17). The van der Waals surface area contributed by atoms with Crippen LogP contribution >= 0.6 is 0 Å². The van der Waals surface area contributed by atoms with Gasteiger partial charge < -0.3 is 14.4 Å². The van der Waals surface area contributed by atoms with Crippen LogP contribution in [0.2, 0.25) is 0 Å². The Morgan fingerprint density at radius 1 is 1.29 bits per heavy atom. The molecular weight excluding hydrogens is 272 g/mol. The second-order valence-corrected chi connectivity index (χ2v) is 4.60. The van der Waals surface area contributed by atoms with Crippen LogP contribution in [-0.2, 0) is 6.54 Å². The molecule has 112 valence electrons. The number of aromatic amines is 1. The van der Waals surface area contributed by atoms with Gasteiger partial charge in [0.1, 0.15) is 23.7 Å². The summed E-state index contributed by atoms with van der Waals surface area (Å²) in [5, 5.41) is 6.48. The molecule has 7 nitrogen and oxygen atoms in total. The molecule has 0 bridgehead atoms. The number of nitrogens with one attached hydrogen (secondary N) is 1. The van der Waals surface area contributed by atoms with Gasteiger partial charge in [0, 0.05) is 18.2 Å². The van der Waals surface area contributed by atoms with E-state index < -0.39 is 0 Å². The van der Waals surface area contributed by atoms with Crippen LogP contribution < -0.4 is 9.47 Å². The van der Waals surface area contributed by atoms with Gasteiger partial charge in [-0.3, -0.25) is 9.89 Å². The zero-order valence-corrected chi connectivity index (χ0v) is 12.5. The number of nitrogens with zero attached hydrogens (tertiary/aromatic N) is 3. The van der Waals surface area contributed by atoms with Crippen molar-refractivity contribution in [3.05, 3.63) is 35.4 Å². The van der Waals surface area contributed by atoms with Crippen molar-refractivity contribution < 1.29 is 14.3 Å². The van der Waals surface area contributed by atoms with Crippen molar-refractivity contribution >= 4 is 5.91 Å². The average Bonchev–Trinajstić information content (AvgIpc) is 2.99. The minimum atomic E-state index is -0.150. The minimum Gasteiger partial charge on any atom is -0.496 e. The van der Waals surface area contributed by atoms with E-state index in [0.29, 0.717) is 29.4 Å². The molecule has 0 aliphatic carbocycles. The summed E-state index contributed by atoms with van der Waals surface area (Å²) in [6.07, 6.45) is 1.41. The van der Waals surface area contributed by atoms with Crippen LogP contribution in [0, 0.1) is 6.92 Å². The zero-order chi connectivity index (χ0) is 15.4. The van der Waals surface area contributed by atoms with Gasteiger partial charge in [0.15, 0.2) is 0 Å². The number of ether oxygens (including phenoxy) is 2. The third-order valence-electron chi connectivity index (χ3n) is 3.20. The van der Waals surface area contributed by atoms with E-state index in [1.54, 1.807) is 38.3 Å². The molecular formula is C14H18N4O3. The first-order chi connectivity index (χ1) is 10.1. The summed E-state index contributed by atoms with van der Waals surface area (Å²) in [6, 6.07) is 3.41. The second kappa shape index (κ2) is 6.25. The fourth-order valence-corrected chi connectivity index (χ4v) is 2.03. The monoisotopic (exact) mass is 290 g/mol. The molecule has 0 saturated heterocycles. The van der Waals surface area contributed by atoms with Crippen LogP contribution in [0.1, 0.15) is 21.7 Å². The van der Waals surface area contributed by atoms with E-state index in [1.807, 2.05) is 6.92 Å². The third kappa shape index (κ3) is 3.13. The van der Waals surface area contributed by atoms with E-state index in [9.17, 15) is 4.79 Å². The van der Waals surface area contributed by atoms with Crippen molar-refractivity contribution in [1.29, 1.82) is 0 Å². The Kier molecular flexibility index (Phi) is 4.42. The molecule has 7 heteroatoms. The summed E-state index contributed by atoms with van der Waals surface area (Å²) in [4.78, 5) is 18.0. The average molecular weight is 290 g/mol. The van der Waals surface area contributed by atoms with Crippen molar-refractivity contribution in [2.24, 2.45) is 0 Å².